The summed E-state index contributed by atoms with van der Waals surface area (Å²) in [5.74, 6) is -1.10. The standard InChI is InChI=1S/C19H22ClN3O4S/c1-2-22-9-11-23(12-10-22)17-8-7-14(13-15(17)19(24)25)21-28(26,27)18-6-4-3-5-16(18)20/h3-8,13,21H,2,9-12H2,1H3,(H,24,25). The third kappa shape index (κ3) is 4.40. The lowest BCUT2D eigenvalue weighted by molar-refractivity contribution is 0.0697. The van der Waals surface area contributed by atoms with E-state index in [0.29, 0.717) is 5.69 Å². The number of benzene rings is 2. The maximum Gasteiger partial charge on any atom is 0.337 e. The highest BCUT2D eigenvalue weighted by Gasteiger charge is 2.23. The fraction of sp³-hybridized carbons (Fsp3) is 0.316. The number of carboxylic acid groups (broad SMARTS) is 1. The second kappa shape index (κ2) is 8.38. The minimum atomic E-state index is -3.93. The molecule has 2 aromatic carbocycles. The molecule has 0 spiro atoms. The molecule has 1 heterocycles. The molecule has 3 rings (SSSR count). The molecule has 1 fully saturated rings. The molecule has 1 saturated heterocycles. The average molecular weight is 424 g/mol. The van der Waals surface area contributed by atoms with E-state index in [0.717, 1.165) is 32.7 Å². The molecule has 0 unspecified atom stereocenters. The fourth-order valence-corrected chi connectivity index (χ4v) is 4.79. The molecule has 0 bridgehead atoms. The summed E-state index contributed by atoms with van der Waals surface area (Å²) in [5, 5.41) is 9.74. The second-order valence-electron chi connectivity index (χ2n) is 6.49. The summed E-state index contributed by atoms with van der Waals surface area (Å²) in [7, 11) is -3.93. The van der Waals surface area contributed by atoms with Crippen LogP contribution in [-0.4, -0.2) is 57.1 Å². The van der Waals surface area contributed by atoms with E-state index in [1.54, 1.807) is 24.3 Å². The summed E-state index contributed by atoms with van der Waals surface area (Å²) in [6.45, 7) is 6.21. The van der Waals surface area contributed by atoms with E-state index in [4.69, 9.17) is 11.6 Å². The van der Waals surface area contributed by atoms with Crippen molar-refractivity contribution in [2.75, 3.05) is 42.3 Å². The van der Waals surface area contributed by atoms with Gasteiger partial charge in [0.15, 0.2) is 0 Å². The number of anilines is 2. The van der Waals surface area contributed by atoms with Gasteiger partial charge in [-0.2, -0.15) is 0 Å². The third-order valence-electron chi connectivity index (χ3n) is 4.77. The van der Waals surface area contributed by atoms with Crippen LogP contribution in [0.15, 0.2) is 47.4 Å². The molecule has 7 nitrogen and oxygen atoms in total. The molecule has 0 atom stereocenters. The highest BCUT2D eigenvalue weighted by atomic mass is 35.5. The molecule has 28 heavy (non-hydrogen) atoms. The van der Waals surface area contributed by atoms with Gasteiger partial charge in [-0.25, -0.2) is 13.2 Å². The molecule has 2 aromatic rings. The molecule has 0 radical (unpaired) electrons. The number of nitrogens with one attached hydrogen (secondary N) is 1. The number of rotatable bonds is 6. The molecule has 0 saturated carbocycles. The molecule has 150 valence electrons. The molecular weight excluding hydrogens is 402 g/mol. The van der Waals surface area contributed by atoms with Crippen LogP contribution in [0.2, 0.25) is 5.02 Å². The van der Waals surface area contributed by atoms with Crippen LogP contribution in [0.25, 0.3) is 0 Å². The van der Waals surface area contributed by atoms with Crippen LogP contribution in [0.5, 0.6) is 0 Å². The highest BCUT2D eigenvalue weighted by Crippen LogP contribution is 2.28. The van der Waals surface area contributed by atoms with Gasteiger partial charge in [0.25, 0.3) is 10.0 Å². The molecule has 9 heteroatoms. The van der Waals surface area contributed by atoms with Crippen LogP contribution in [0.1, 0.15) is 17.3 Å². The van der Waals surface area contributed by atoms with Crippen LogP contribution >= 0.6 is 11.6 Å². The zero-order chi connectivity index (χ0) is 20.3. The van der Waals surface area contributed by atoms with Gasteiger partial charge < -0.3 is 14.9 Å². The van der Waals surface area contributed by atoms with Crippen LogP contribution < -0.4 is 9.62 Å². The Morgan fingerprint density at radius 3 is 2.43 bits per heavy atom. The summed E-state index contributed by atoms with van der Waals surface area (Å²) < 4.78 is 27.6. The minimum absolute atomic E-state index is 0.0595. The molecular formula is C19H22ClN3O4S. The van der Waals surface area contributed by atoms with E-state index in [1.807, 2.05) is 4.90 Å². The smallest absolute Gasteiger partial charge is 0.337 e. The van der Waals surface area contributed by atoms with Gasteiger partial charge in [0.2, 0.25) is 0 Å². The molecule has 1 aliphatic heterocycles. The zero-order valence-electron chi connectivity index (χ0n) is 15.4. The van der Waals surface area contributed by atoms with Crippen LogP contribution in [0.3, 0.4) is 0 Å². The molecule has 0 aromatic heterocycles. The van der Waals surface area contributed by atoms with Gasteiger partial charge in [0, 0.05) is 31.9 Å². The van der Waals surface area contributed by atoms with Crippen molar-refractivity contribution in [1.82, 2.24) is 4.90 Å². The van der Waals surface area contributed by atoms with E-state index in [-0.39, 0.29) is 21.2 Å². The van der Waals surface area contributed by atoms with Crippen LogP contribution in [-0.2, 0) is 10.0 Å². The van der Waals surface area contributed by atoms with Gasteiger partial charge in [0.1, 0.15) is 4.90 Å². The SMILES string of the molecule is CCN1CCN(c2ccc(NS(=O)(=O)c3ccccc3Cl)cc2C(=O)O)CC1. The summed E-state index contributed by atoms with van der Waals surface area (Å²) >= 11 is 5.98. The number of nitrogens with zero attached hydrogens (tertiary/aromatic N) is 2. The van der Waals surface area contributed by atoms with E-state index in [9.17, 15) is 18.3 Å². The predicted molar refractivity (Wildman–Crippen MR) is 110 cm³/mol. The van der Waals surface area contributed by atoms with Gasteiger partial charge in [-0.3, -0.25) is 4.72 Å². The average Bonchev–Trinajstić information content (AvgIpc) is 2.68. The topological polar surface area (TPSA) is 90.0 Å². The number of halogens is 1. The van der Waals surface area contributed by atoms with Crippen molar-refractivity contribution in [2.24, 2.45) is 0 Å². The maximum atomic E-state index is 12.6. The van der Waals surface area contributed by atoms with Crippen molar-refractivity contribution in [3.8, 4) is 0 Å². The first-order chi connectivity index (χ1) is 13.3. The Bertz CT molecular complexity index is 973. The van der Waals surface area contributed by atoms with Crippen molar-refractivity contribution >= 4 is 39.0 Å². The lowest BCUT2D eigenvalue weighted by atomic mass is 10.1. The Morgan fingerprint density at radius 2 is 1.82 bits per heavy atom. The van der Waals surface area contributed by atoms with Gasteiger partial charge in [0.05, 0.1) is 16.3 Å². The quantitative estimate of drug-likeness (QED) is 0.742. The Morgan fingerprint density at radius 1 is 1.14 bits per heavy atom. The third-order valence-corrected chi connectivity index (χ3v) is 6.65. The first-order valence-electron chi connectivity index (χ1n) is 8.94. The van der Waals surface area contributed by atoms with Crippen molar-refractivity contribution in [2.45, 2.75) is 11.8 Å². The lowest BCUT2D eigenvalue weighted by Gasteiger charge is -2.36. The number of carboxylic acids is 1. The maximum absolute atomic E-state index is 12.6. The van der Waals surface area contributed by atoms with E-state index in [2.05, 4.69) is 16.5 Å². The second-order valence-corrected chi connectivity index (χ2v) is 8.55. The Hall–Kier alpha value is -2.29. The first kappa shape index (κ1) is 20.4. The highest BCUT2D eigenvalue weighted by molar-refractivity contribution is 7.92. The Balaban J connectivity index is 1.87. The van der Waals surface area contributed by atoms with E-state index >= 15 is 0 Å². The number of aromatic carboxylic acids is 1. The lowest BCUT2D eigenvalue weighted by Crippen LogP contribution is -2.46. The Labute approximate surface area is 169 Å². The van der Waals surface area contributed by atoms with E-state index in [1.165, 1.54) is 18.2 Å². The minimum Gasteiger partial charge on any atom is -0.478 e. The first-order valence-corrected chi connectivity index (χ1v) is 10.8. The largest absolute Gasteiger partial charge is 0.478 e. The van der Waals surface area contributed by atoms with Crippen molar-refractivity contribution in [1.29, 1.82) is 0 Å². The molecule has 0 aliphatic carbocycles. The normalized spacial score (nSPS) is 15.4. The van der Waals surface area contributed by atoms with Crippen molar-refractivity contribution in [3.05, 3.63) is 53.1 Å². The predicted octanol–water partition coefficient (Wildman–Crippen LogP) is 2.98. The summed E-state index contributed by atoms with van der Waals surface area (Å²) in [6, 6.07) is 10.7. The number of hydrogen-bond acceptors (Lipinski definition) is 5. The number of piperazine rings is 1. The summed E-state index contributed by atoms with van der Waals surface area (Å²) in [4.78, 5) is 16.0. The Kier molecular flexibility index (Phi) is 6.12. The van der Waals surface area contributed by atoms with Gasteiger partial charge in [-0.05, 0) is 36.9 Å². The van der Waals surface area contributed by atoms with Crippen molar-refractivity contribution < 1.29 is 18.3 Å². The summed E-state index contributed by atoms with van der Waals surface area (Å²) in [5.41, 5.74) is 0.821. The number of carbonyl (C=O) groups is 1. The van der Waals surface area contributed by atoms with E-state index < -0.39 is 16.0 Å². The van der Waals surface area contributed by atoms with Gasteiger partial charge >= 0.3 is 5.97 Å². The number of hydrogen-bond donors (Lipinski definition) is 2. The molecule has 2 N–H and O–H groups in total. The zero-order valence-corrected chi connectivity index (χ0v) is 17.0. The van der Waals surface area contributed by atoms with Crippen LogP contribution in [0.4, 0.5) is 11.4 Å². The van der Waals surface area contributed by atoms with Crippen LogP contribution in [0, 0.1) is 0 Å². The summed E-state index contributed by atoms with van der Waals surface area (Å²) in [6.07, 6.45) is 0. The van der Waals surface area contributed by atoms with Gasteiger partial charge in [-0.1, -0.05) is 30.7 Å². The number of sulfonamides is 1. The monoisotopic (exact) mass is 423 g/mol. The number of likely N-dealkylation sites (N-methyl/N-ethyl adjacent to an activating group) is 1. The fourth-order valence-electron chi connectivity index (χ4n) is 3.22. The molecule has 1 aliphatic rings. The van der Waals surface area contributed by atoms with Gasteiger partial charge in [-0.15, -0.1) is 0 Å². The molecule has 0 amide bonds. The van der Waals surface area contributed by atoms with Crippen molar-refractivity contribution in [3.63, 3.8) is 0 Å².